The predicted molar refractivity (Wildman–Crippen MR) is 131 cm³/mol. The van der Waals surface area contributed by atoms with E-state index in [0.717, 1.165) is 27.8 Å². The lowest BCUT2D eigenvalue weighted by Crippen LogP contribution is -2.44. The van der Waals surface area contributed by atoms with Crippen LogP contribution in [0.1, 0.15) is 24.2 Å². The molecule has 0 amide bonds. The Labute approximate surface area is 200 Å². The van der Waals surface area contributed by atoms with E-state index < -0.39 is 36.1 Å². The van der Waals surface area contributed by atoms with Gasteiger partial charge in [-0.15, -0.1) is 0 Å². The van der Waals surface area contributed by atoms with Crippen molar-refractivity contribution in [3.63, 3.8) is 0 Å². The Kier molecular flexibility index (Phi) is 6.97. The number of allylic oxidation sites excluding steroid dienone is 2. The summed E-state index contributed by atoms with van der Waals surface area (Å²) in [6.07, 6.45) is 1.93. The maximum Gasteiger partial charge on any atom is 0.333 e. The third-order valence-electron chi connectivity index (χ3n) is 5.87. The molecular formula is C24H28N6O5. The number of Topliss-reactive ketones (excluding diaryl/α,β-unsaturated/α-hetero) is 1. The van der Waals surface area contributed by atoms with Crippen molar-refractivity contribution >= 4 is 28.9 Å². The van der Waals surface area contributed by atoms with E-state index in [9.17, 15) is 24.3 Å². The van der Waals surface area contributed by atoms with Crippen molar-refractivity contribution < 1.29 is 14.7 Å². The predicted octanol–water partition coefficient (Wildman–Crippen LogP) is 0.703. The number of aromatic nitrogens is 4. The molecule has 0 saturated carbocycles. The molecule has 2 N–H and O–H groups in total. The summed E-state index contributed by atoms with van der Waals surface area (Å²) in [7, 11) is 0. The van der Waals surface area contributed by atoms with E-state index in [1.54, 1.807) is 34.9 Å². The van der Waals surface area contributed by atoms with E-state index in [4.69, 9.17) is 0 Å². The lowest BCUT2D eigenvalue weighted by molar-refractivity contribution is -0.137. The van der Waals surface area contributed by atoms with E-state index in [-0.39, 0.29) is 11.2 Å². The first-order valence-corrected chi connectivity index (χ1v) is 11.4. The molecule has 1 aliphatic heterocycles. The number of carboxylic acids is 1. The first kappa shape index (κ1) is 24.1. The highest BCUT2D eigenvalue weighted by molar-refractivity contribution is 5.96. The molecule has 0 bridgehead atoms. The molecule has 1 aliphatic rings. The lowest BCUT2D eigenvalue weighted by Gasteiger charge is -2.28. The zero-order valence-corrected chi connectivity index (χ0v) is 19.7. The highest BCUT2D eigenvalue weighted by Gasteiger charge is 2.26. The van der Waals surface area contributed by atoms with Gasteiger partial charge in [0.2, 0.25) is 5.95 Å². The van der Waals surface area contributed by atoms with Crippen molar-refractivity contribution in [1.82, 2.24) is 24.0 Å². The molecule has 2 aromatic heterocycles. The largest absolute Gasteiger partial charge is 0.480 e. The van der Waals surface area contributed by atoms with Crippen molar-refractivity contribution in [2.45, 2.75) is 33.5 Å². The summed E-state index contributed by atoms with van der Waals surface area (Å²) in [6.45, 7) is 5.72. The van der Waals surface area contributed by atoms with Crippen molar-refractivity contribution in [3.05, 3.63) is 68.4 Å². The highest BCUT2D eigenvalue weighted by atomic mass is 16.4. The number of rotatable bonds is 8. The fraction of sp³-hybridized carbons (Fsp3) is 0.375. The lowest BCUT2D eigenvalue weighted by atomic mass is 10.1. The number of nitrogens with one attached hydrogen (secondary N) is 1. The first-order valence-electron chi connectivity index (χ1n) is 11.4. The molecule has 4 rings (SSSR count). The Morgan fingerprint density at radius 1 is 1.03 bits per heavy atom. The number of hydrogen-bond acceptors (Lipinski definition) is 7. The first-order chi connectivity index (χ1) is 16.8. The fourth-order valence-electron chi connectivity index (χ4n) is 4.11. The fourth-order valence-corrected chi connectivity index (χ4v) is 4.11. The number of hydrogen-bond donors (Lipinski definition) is 2. The maximum absolute atomic E-state index is 13.7. The summed E-state index contributed by atoms with van der Waals surface area (Å²) >= 11 is 0. The molecule has 0 spiro atoms. The van der Waals surface area contributed by atoms with Crippen molar-refractivity contribution in [2.24, 2.45) is 0 Å². The molecule has 0 aliphatic carbocycles. The third kappa shape index (κ3) is 4.94. The normalized spacial score (nSPS) is 13.7. The van der Waals surface area contributed by atoms with E-state index >= 15 is 0 Å². The number of benzene rings is 1. The van der Waals surface area contributed by atoms with Crippen LogP contribution in [0.4, 0.5) is 5.95 Å². The summed E-state index contributed by atoms with van der Waals surface area (Å²) in [5.41, 5.74) is -0.0844. The van der Waals surface area contributed by atoms with Crippen LogP contribution in [0.3, 0.4) is 0 Å². The number of ketones is 1. The van der Waals surface area contributed by atoms with Crippen LogP contribution in [0.5, 0.6) is 0 Å². The van der Waals surface area contributed by atoms with Crippen LogP contribution >= 0.6 is 0 Å². The SMILES string of the molecule is CC(C)=CCn1c(N2CCNCC2)nc2c1c(=O)n(CC(=O)c1ccccc1)c(=O)n2CC(=O)O. The number of carbonyl (C=O) groups is 2. The smallest absolute Gasteiger partial charge is 0.333 e. The van der Waals surface area contributed by atoms with Crippen molar-refractivity contribution in [3.8, 4) is 0 Å². The second kappa shape index (κ2) is 10.1. The van der Waals surface area contributed by atoms with Gasteiger partial charge in [0.05, 0.1) is 6.54 Å². The van der Waals surface area contributed by atoms with Crippen LogP contribution in [0.2, 0.25) is 0 Å². The average Bonchev–Trinajstić information content (AvgIpc) is 3.23. The van der Waals surface area contributed by atoms with Gasteiger partial charge in [-0.2, -0.15) is 4.98 Å². The van der Waals surface area contributed by atoms with Crippen LogP contribution < -0.4 is 21.5 Å². The van der Waals surface area contributed by atoms with Crippen LogP contribution in [-0.4, -0.2) is 61.7 Å². The second-order valence-electron chi connectivity index (χ2n) is 8.66. The van der Waals surface area contributed by atoms with Gasteiger partial charge in [-0.25, -0.2) is 4.79 Å². The van der Waals surface area contributed by atoms with Crippen LogP contribution in [0.15, 0.2) is 51.6 Å². The Bertz CT molecular complexity index is 1410. The highest BCUT2D eigenvalue weighted by Crippen LogP contribution is 2.21. The molecule has 1 saturated heterocycles. The number of aliphatic carboxylic acids is 1. The Balaban J connectivity index is 1.96. The molecule has 184 valence electrons. The van der Waals surface area contributed by atoms with Gasteiger partial charge in [-0.3, -0.25) is 23.5 Å². The van der Waals surface area contributed by atoms with Gasteiger partial charge in [0.15, 0.2) is 16.9 Å². The Hall–Kier alpha value is -3.99. The maximum atomic E-state index is 13.7. The van der Waals surface area contributed by atoms with Gasteiger partial charge in [-0.1, -0.05) is 42.0 Å². The number of anilines is 1. The molecule has 0 radical (unpaired) electrons. The summed E-state index contributed by atoms with van der Waals surface area (Å²) in [4.78, 5) is 58.1. The molecule has 0 unspecified atom stereocenters. The molecule has 0 atom stereocenters. The van der Waals surface area contributed by atoms with E-state index in [0.29, 0.717) is 31.1 Å². The minimum atomic E-state index is -1.25. The zero-order chi connectivity index (χ0) is 25.1. The topological polar surface area (TPSA) is 131 Å². The van der Waals surface area contributed by atoms with Crippen molar-refractivity contribution in [1.29, 1.82) is 0 Å². The number of carboxylic acid groups (broad SMARTS) is 1. The Morgan fingerprint density at radius 3 is 2.34 bits per heavy atom. The van der Waals surface area contributed by atoms with Gasteiger partial charge in [0.25, 0.3) is 5.56 Å². The number of fused-ring (bicyclic) bond motifs is 1. The summed E-state index contributed by atoms with van der Waals surface area (Å²) in [6, 6.07) is 8.34. The third-order valence-corrected chi connectivity index (χ3v) is 5.87. The Morgan fingerprint density at radius 2 is 1.71 bits per heavy atom. The van der Waals surface area contributed by atoms with Gasteiger partial charge in [0.1, 0.15) is 6.54 Å². The average molecular weight is 481 g/mol. The van der Waals surface area contributed by atoms with Gasteiger partial charge in [0, 0.05) is 38.3 Å². The minimum absolute atomic E-state index is 0.00139. The zero-order valence-electron chi connectivity index (χ0n) is 19.7. The monoisotopic (exact) mass is 480 g/mol. The molecular weight excluding hydrogens is 452 g/mol. The van der Waals surface area contributed by atoms with Crippen molar-refractivity contribution in [2.75, 3.05) is 31.1 Å². The van der Waals surface area contributed by atoms with E-state index in [1.165, 1.54) is 0 Å². The summed E-state index contributed by atoms with van der Waals surface area (Å²) < 4.78 is 3.47. The molecule has 11 nitrogen and oxygen atoms in total. The molecule has 1 fully saturated rings. The molecule has 11 heteroatoms. The van der Waals surface area contributed by atoms with Gasteiger partial charge < -0.3 is 19.9 Å². The number of imidazole rings is 1. The van der Waals surface area contributed by atoms with Gasteiger partial charge >= 0.3 is 11.7 Å². The number of nitrogens with zero attached hydrogens (tertiary/aromatic N) is 5. The molecule has 35 heavy (non-hydrogen) atoms. The van der Waals surface area contributed by atoms with Crippen LogP contribution in [0.25, 0.3) is 11.2 Å². The van der Waals surface area contributed by atoms with E-state index in [2.05, 4.69) is 10.3 Å². The summed E-state index contributed by atoms with van der Waals surface area (Å²) in [5, 5.41) is 12.8. The minimum Gasteiger partial charge on any atom is -0.480 e. The molecule has 3 aromatic rings. The molecule has 1 aromatic carbocycles. The van der Waals surface area contributed by atoms with Crippen LogP contribution in [0, 0.1) is 0 Å². The van der Waals surface area contributed by atoms with Crippen LogP contribution in [-0.2, 0) is 24.4 Å². The van der Waals surface area contributed by atoms with E-state index in [1.807, 2.05) is 24.8 Å². The number of piperazine rings is 1. The summed E-state index contributed by atoms with van der Waals surface area (Å²) in [5.74, 6) is -1.19. The standard InChI is InChI=1S/C24H28N6O5/c1-16(2)8-11-28-20-21(26-23(28)27-12-9-25-10-13-27)29(15-19(32)33)24(35)30(22(20)34)14-18(31)17-6-4-3-5-7-17/h3-8,25H,9-15H2,1-2H3,(H,32,33). The van der Waals surface area contributed by atoms with Gasteiger partial charge in [-0.05, 0) is 13.8 Å². The quantitative estimate of drug-likeness (QED) is 0.356. The molecule has 3 heterocycles. The second-order valence-corrected chi connectivity index (χ2v) is 8.66. The number of carbonyl (C=O) groups excluding carboxylic acids is 1.